The van der Waals surface area contributed by atoms with Crippen molar-refractivity contribution >= 4 is 11.9 Å². The van der Waals surface area contributed by atoms with Crippen molar-refractivity contribution in [2.45, 2.75) is 6.04 Å². The van der Waals surface area contributed by atoms with E-state index in [4.69, 9.17) is 0 Å². The van der Waals surface area contributed by atoms with Crippen molar-refractivity contribution in [2.75, 3.05) is 0 Å². The first kappa shape index (κ1) is 12.9. The molecule has 0 bridgehead atoms. The van der Waals surface area contributed by atoms with Gasteiger partial charge in [-0.15, -0.1) is 0 Å². The fourth-order valence-electron chi connectivity index (χ4n) is 1.84. The summed E-state index contributed by atoms with van der Waals surface area (Å²) >= 11 is 0. The molecule has 0 saturated carbocycles. The number of amides is 1. The van der Waals surface area contributed by atoms with Gasteiger partial charge in [-0.3, -0.25) is 4.79 Å². The smallest absolute Gasteiger partial charge is 0.330 e. The monoisotopic (exact) mass is 258 g/mol. The summed E-state index contributed by atoms with van der Waals surface area (Å²) in [4.78, 5) is 23.3. The molecule has 1 heterocycles. The zero-order chi connectivity index (χ0) is 13.8. The van der Waals surface area contributed by atoms with Crippen LogP contribution >= 0.6 is 0 Å². The highest BCUT2D eigenvalue weighted by Gasteiger charge is 2.23. The van der Waals surface area contributed by atoms with Crippen molar-refractivity contribution in [1.29, 1.82) is 0 Å². The molecule has 1 unspecified atom stereocenters. The van der Waals surface area contributed by atoms with Crippen molar-refractivity contribution in [3.63, 3.8) is 0 Å². The van der Waals surface area contributed by atoms with E-state index in [0.29, 0.717) is 11.3 Å². The molecule has 2 aromatic rings. The van der Waals surface area contributed by atoms with Gasteiger partial charge in [0.2, 0.25) is 0 Å². The number of hydrogen-bond acceptors (Lipinski definition) is 2. The van der Waals surface area contributed by atoms with E-state index in [0.717, 1.165) is 0 Å². The second-order valence-corrected chi connectivity index (χ2v) is 4.16. The second-order valence-electron chi connectivity index (χ2n) is 4.16. The minimum Gasteiger partial charge on any atom is -0.479 e. The highest BCUT2D eigenvalue weighted by atomic mass is 16.4. The first-order valence-electron chi connectivity index (χ1n) is 5.79. The molecular formula is C14H14N2O3. The van der Waals surface area contributed by atoms with E-state index < -0.39 is 17.9 Å². The van der Waals surface area contributed by atoms with E-state index in [2.05, 4.69) is 5.32 Å². The SMILES string of the molecule is Cn1cccc1C(=O)NC(C(=O)O)c1ccccc1. The van der Waals surface area contributed by atoms with Crippen LogP contribution in [0.2, 0.25) is 0 Å². The van der Waals surface area contributed by atoms with Crippen LogP contribution in [0.3, 0.4) is 0 Å². The van der Waals surface area contributed by atoms with Gasteiger partial charge >= 0.3 is 5.97 Å². The molecular weight excluding hydrogens is 244 g/mol. The molecule has 0 aliphatic rings. The number of carboxylic acids is 1. The summed E-state index contributed by atoms with van der Waals surface area (Å²) in [6.45, 7) is 0. The molecule has 5 nitrogen and oxygen atoms in total. The largest absolute Gasteiger partial charge is 0.479 e. The maximum Gasteiger partial charge on any atom is 0.330 e. The Morgan fingerprint density at radius 3 is 2.37 bits per heavy atom. The van der Waals surface area contributed by atoms with Crippen LogP contribution in [0.25, 0.3) is 0 Å². The standard InChI is InChI=1S/C14H14N2O3/c1-16-9-5-8-11(16)13(17)15-12(14(18)19)10-6-3-2-4-7-10/h2-9,12H,1H3,(H,15,17)(H,18,19). The van der Waals surface area contributed by atoms with Crippen molar-refractivity contribution < 1.29 is 14.7 Å². The van der Waals surface area contributed by atoms with E-state index in [1.807, 2.05) is 0 Å². The van der Waals surface area contributed by atoms with Gasteiger partial charge in [0, 0.05) is 13.2 Å². The van der Waals surface area contributed by atoms with Gasteiger partial charge in [-0.05, 0) is 17.7 Å². The molecule has 0 aliphatic carbocycles. The highest BCUT2D eigenvalue weighted by molar-refractivity contribution is 5.95. The van der Waals surface area contributed by atoms with Crippen LogP contribution in [0.1, 0.15) is 22.1 Å². The molecule has 0 spiro atoms. The molecule has 1 aromatic carbocycles. The topological polar surface area (TPSA) is 71.3 Å². The average molecular weight is 258 g/mol. The molecule has 1 amide bonds. The van der Waals surface area contributed by atoms with Crippen molar-refractivity contribution in [3.8, 4) is 0 Å². The molecule has 1 aromatic heterocycles. The normalized spacial score (nSPS) is 11.8. The summed E-state index contributed by atoms with van der Waals surface area (Å²) in [6.07, 6.45) is 1.73. The lowest BCUT2D eigenvalue weighted by molar-refractivity contribution is -0.139. The fraction of sp³-hybridized carbons (Fsp3) is 0.143. The summed E-state index contributed by atoms with van der Waals surface area (Å²) in [6, 6.07) is 10.9. The summed E-state index contributed by atoms with van der Waals surface area (Å²) in [7, 11) is 1.73. The Hall–Kier alpha value is -2.56. The summed E-state index contributed by atoms with van der Waals surface area (Å²) in [5, 5.41) is 11.7. The van der Waals surface area contributed by atoms with Gasteiger partial charge in [0.1, 0.15) is 5.69 Å². The van der Waals surface area contributed by atoms with Crippen LogP contribution < -0.4 is 5.32 Å². The van der Waals surface area contributed by atoms with E-state index >= 15 is 0 Å². The van der Waals surface area contributed by atoms with Gasteiger partial charge in [-0.2, -0.15) is 0 Å². The lowest BCUT2D eigenvalue weighted by atomic mass is 10.1. The average Bonchev–Trinajstić information content (AvgIpc) is 2.82. The predicted molar refractivity (Wildman–Crippen MR) is 69.7 cm³/mol. The quantitative estimate of drug-likeness (QED) is 0.874. The summed E-state index contributed by atoms with van der Waals surface area (Å²) in [5.41, 5.74) is 0.958. The second kappa shape index (κ2) is 5.39. The van der Waals surface area contributed by atoms with Gasteiger partial charge in [0.15, 0.2) is 6.04 Å². The Balaban J connectivity index is 2.21. The zero-order valence-corrected chi connectivity index (χ0v) is 10.4. The van der Waals surface area contributed by atoms with Crippen LogP contribution in [-0.2, 0) is 11.8 Å². The summed E-state index contributed by atoms with van der Waals surface area (Å²) in [5.74, 6) is -1.50. The Kier molecular flexibility index (Phi) is 3.66. The number of aryl methyl sites for hydroxylation is 1. The van der Waals surface area contributed by atoms with Gasteiger partial charge in [0.25, 0.3) is 5.91 Å². The first-order chi connectivity index (χ1) is 9.09. The minimum absolute atomic E-state index is 0.413. The number of nitrogens with one attached hydrogen (secondary N) is 1. The number of carbonyl (C=O) groups is 2. The summed E-state index contributed by atoms with van der Waals surface area (Å²) < 4.78 is 1.64. The molecule has 0 fully saturated rings. The van der Waals surface area contributed by atoms with E-state index in [1.54, 1.807) is 60.3 Å². The molecule has 0 aliphatic heterocycles. The van der Waals surface area contributed by atoms with Gasteiger partial charge in [-0.1, -0.05) is 30.3 Å². The number of aliphatic carboxylic acids is 1. The molecule has 98 valence electrons. The molecule has 19 heavy (non-hydrogen) atoms. The number of benzene rings is 1. The minimum atomic E-state index is -1.09. The van der Waals surface area contributed by atoms with Crippen molar-refractivity contribution in [3.05, 3.63) is 59.9 Å². The Morgan fingerprint density at radius 1 is 1.16 bits per heavy atom. The molecule has 1 atom stereocenters. The van der Waals surface area contributed by atoms with Gasteiger partial charge in [0.05, 0.1) is 0 Å². The van der Waals surface area contributed by atoms with Crippen LogP contribution in [0, 0.1) is 0 Å². The molecule has 0 saturated heterocycles. The number of nitrogens with zero attached hydrogens (tertiary/aromatic N) is 1. The van der Waals surface area contributed by atoms with Gasteiger partial charge < -0.3 is 15.0 Å². The Morgan fingerprint density at radius 2 is 1.84 bits per heavy atom. The molecule has 5 heteroatoms. The number of aromatic nitrogens is 1. The number of rotatable bonds is 4. The predicted octanol–water partition coefficient (Wildman–Crippen LogP) is 1.58. The third-order valence-electron chi connectivity index (χ3n) is 2.83. The van der Waals surface area contributed by atoms with E-state index in [-0.39, 0.29) is 0 Å². The zero-order valence-electron chi connectivity index (χ0n) is 10.4. The third-order valence-corrected chi connectivity index (χ3v) is 2.83. The maximum atomic E-state index is 12.0. The lowest BCUT2D eigenvalue weighted by Gasteiger charge is -2.15. The van der Waals surface area contributed by atoms with Crippen LogP contribution in [-0.4, -0.2) is 21.6 Å². The first-order valence-corrected chi connectivity index (χ1v) is 5.79. The van der Waals surface area contributed by atoms with Crippen molar-refractivity contribution in [1.82, 2.24) is 9.88 Å². The van der Waals surface area contributed by atoms with E-state index in [1.165, 1.54) is 0 Å². The number of carboxylic acid groups (broad SMARTS) is 1. The number of hydrogen-bond donors (Lipinski definition) is 2. The molecule has 0 radical (unpaired) electrons. The Bertz CT molecular complexity index is 590. The Labute approximate surface area is 110 Å². The van der Waals surface area contributed by atoms with Crippen molar-refractivity contribution in [2.24, 2.45) is 7.05 Å². The fourth-order valence-corrected chi connectivity index (χ4v) is 1.84. The van der Waals surface area contributed by atoms with E-state index in [9.17, 15) is 14.7 Å². The maximum absolute atomic E-state index is 12.0. The third kappa shape index (κ3) is 2.82. The van der Waals surface area contributed by atoms with Gasteiger partial charge in [-0.25, -0.2) is 4.79 Å². The van der Waals surface area contributed by atoms with Crippen LogP contribution in [0.5, 0.6) is 0 Å². The number of carbonyl (C=O) groups excluding carboxylic acids is 1. The molecule has 2 N–H and O–H groups in total. The highest BCUT2D eigenvalue weighted by Crippen LogP contribution is 2.13. The molecule has 2 rings (SSSR count). The van der Waals surface area contributed by atoms with Crippen LogP contribution in [0.15, 0.2) is 48.7 Å². The van der Waals surface area contributed by atoms with Crippen LogP contribution in [0.4, 0.5) is 0 Å². The lowest BCUT2D eigenvalue weighted by Crippen LogP contribution is -2.34.